The minimum Gasteiger partial charge on any atom is -0.352 e. The molecule has 1 heterocycles. The molecule has 0 unspecified atom stereocenters. The van der Waals surface area contributed by atoms with E-state index >= 15 is 0 Å². The van der Waals surface area contributed by atoms with Crippen molar-refractivity contribution in [2.24, 2.45) is 0 Å². The van der Waals surface area contributed by atoms with Crippen molar-refractivity contribution in [3.63, 3.8) is 0 Å². The van der Waals surface area contributed by atoms with E-state index in [1.54, 1.807) is 0 Å². The van der Waals surface area contributed by atoms with Crippen molar-refractivity contribution in [3.05, 3.63) is 11.4 Å². The topological polar surface area (TPSA) is 62.7 Å². The normalized spacial score (nSPS) is 10.5. The first-order valence-electron chi connectivity index (χ1n) is 6.48. The summed E-state index contributed by atoms with van der Waals surface area (Å²) in [6.07, 6.45) is 2.95. The third kappa shape index (κ3) is 4.65. The molecule has 0 amide bonds. The number of nitrogens with zero attached hydrogens (tertiary/aromatic N) is 3. The minimum absolute atomic E-state index is 0.636. The lowest BCUT2D eigenvalue weighted by Crippen LogP contribution is -2.23. The Labute approximate surface area is 103 Å². The van der Waals surface area contributed by atoms with Gasteiger partial charge in [-0.15, -0.1) is 5.10 Å². The van der Waals surface area contributed by atoms with E-state index in [0.29, 0.717) is 5.95 Å². The molecule has 5 nitrogen and oxygen atoms in total. The second-order valence-electron chi connectivity index (χ2n) is 3.91. The molecule has 0 fully saturated rings. The molecule has 0 spiro atoms. The summed E-state index contributed by atoms with van der Waals surface area (Å²) in [4.78, 5) is 4.47. The summed E-state index contributed by atoms with van der Waals surface area (Å²) >= 11 is 0. The Morgan fingerprint density at radius 2 is 1.65 bits per heavy atom. The molecular weight excluding hydrogens is 214 g/mol. The highest BCUT2D eigenvalue weighted by atomic mass is 15.2. The van der Waals surface area contributed by atoms with Crippen molar-refractivity contribution >= 4 is 5.95 Å². The van der Waals surface area contributed by atoms with Crippen molar-refractivity contribution in [1.29, 1.82) is 0 Å². The lowest BCUT2D eigenvalue weighted by atomic mass is 10.2. The van der Waals surface area contributed by atoms with E-state index in [9.17, 15) is 0 Å². The summed E-state index contributed by atoms with van der Waals surface area (Å²) in [5, 5.41) is 14.8. The second-order valence-corrected chi connectivity index (χ2v) is 3.91. The van der Waals surface area contributed by atoms with E-state index < -0.39 is 0 Å². The summed E-state index contributed by atoms with van der Waals surface area (Å²) in [5.74, 6) is 0.636. The average molecular weight is 237 g/mol. The van der Waals surface area contributed by atoms with E-state index in [4.69, 9.17) is 0 Å². The maximum atomic E-state index is 4.47. The molecule has 5 heteroatoms. The third-order valence-corrected chi connectivity index (χ3v) is 2.52. The Bertz CT molecular complexity index is 327. The van der Waals surface area contributed by atoms with Crippen LogP contribution in [0.4, 0.5) is 5.95 Å². The minimum atomic E-state index is 0.636. The Morgan fingerprint density at radius 1 is 0.882 bits per heavy atom. The van der Waals surface area contributed by atoms with Gasteiger partial charge in [-0.1, -0.05) is 20.8 Å². The van der Waals surface area contributed by atoms with Gasteiger partial charge in [0.2, 0.25) is 5.95 Å². The lowest BCUT2D eigenvalue weighted by Gasteiger charge is -2.08. The fraction of sp³-hybridized carbons (Fsp3) is 0.750. The second kappa shape index (κ2) is 7.95. The summed E-state index contributed by atoms with van der Waals surface area (Å²) in [5.41, 5.74) is 2.05. The van der Waals surface area contributed by atoms with Crippen LogP contribution in [-0.2, 0) is 12.8 Å². The average Bonchev–Trinajstić information content (AvgIpc) is 2.38. The van der Waals surface area contributed by atoms with E-state index in [0.717, 1.165) is 50.3 Å². The van der Waals surface area contributed by atoms with Crippen molar-refractivity contribution in [3.8, 4) is 0 Å². The van der Waals surface area contributed by atoms with Gasteiger partial charge in [-0.05, 0) is 25.8 Å². The van der Waals surface area contributed by atoms with Gasteiger partial charge in [0.1, 0.15) is 0 Å². The first kappa shape index (κ1) is 13.8. The van der Waals surface area contributed by atoms with E-state index in [1.165, 1.54) is 0 Å². The van der Waals surface area contributed by atoms with Crippen molar-refractivity contribution in [1.82, 2.24) is 20.5 Å². The monoisotopic (exact) mass is 237 g/mol. The quantitative estimate of drug-likeness (QED) is 0.669. The highest BCUT2D eigenvalue weighted by Crippen LogP contribution is 2.06. The van der Waals surface area contributed by atoms with E-state index in [1.807, 2.05) is 0 Å². The van der Waals surface area contributed by atoms with Gasteiger partial charge in [0.15, 0.2) is 0 Å². The molecule has 1 rings (SSSR count). The first-order chi connectivity index (χ1) is 8.31. The molecule has 0 aromatic carbocycles. The largest absolute Gasteiger partial charge is 0.352 e. The highest BCUT2D eigenvalue weighted by Gasteiger charge is 2.05. The molecule has 96 valence electrons. The molecule has 0 aliphatic carbocycles. The molecule has 0 aliphatic heterocycles. The predicted octanol–water partition coefficient (Wildman–Crippen LogP) is 1.41. The van der Waals surface area contributed by atoms with Gasteiger partial charge in [0.05, 0.1) is 11.4 Å². The van der Waals surface area contributed by atoms with Crippen LogP contribution in [0.2, 0.25) is 0 Å². The summed E-state index contributed by atoms with van der Waals surface area (Å²) in [6, 6.07) is 0. The number of aryl methyl sites for hydroxylation is 2. The Balaban J connectivity index is 2.43. The van der Waals surface area contributed by atoms with Gasteiger partial charge >= 0.3 is 0 Å². The lowest BCUT2D eigenvalue weighted by molar-refractivity contribution is 0.684. The molecule has 2 N–H and O–H groups in total. The van der Waals surface area contributed by atoms with Crippen molar-refractivity contribution < 1.29 is 0 Å². The zero-order valence-electron chi connectivity index (χ0n) is 11.1. The van der Waals surface area contributed by atoms with Crippen LogP contribution >= 0.6 is 0 Å². The molecule has 0 saturated carbocycles. The van der Waals surface area contributed by atoms with Crippen LogP contribution in [0.25, 0.3) is 0 Å². The van der Waals surface area contributed by atoms with Crippen LogP contribution in [-0.4, -0.2) is 34.8 Å². The number of anilines is 1. The molecule has 0 aliphatic rings. The number of aromatic nitrogens is 3. The molecule has 0 bridgehead atoms. The van der Waals surface area contributed by atoms with Crippen molar-refractivity contribution in [2.45, 2.75) is 40.0 Å². The van der Waals surface area contributed by atoms with Crippen LogP contribution in [0.3, 0.4) is 0 Å². The molecular formula is C12H23N5. The summed E-state index contributed by atoms with van der Waals surface area (Å²) in [7, 11) is 0. The molecule has 17 heavy (non-hydrogen) atoms. The number of hydrogen-bond donors (Lipinski definition) is 2. The Morgan fingerprint density at radius 3 is 2.29 bits per heavy atom. The third-order valence-electron chi connectivity index (χ3n) is 2.52. The van der Waals surface area contributed by atoms with Crippen LogP contribution in [0.1, 0.15) is 38.6 Å². The maximum absolute atomic E-state index is 4.47. The molecule has 0 saturated heterocycles. The Hall–Kier alpha value is -1.23. The van der Waals surface area contributed by atoms with Gasteiger partial charge in [0.25, 0.3) is 0 Å². The van der Waals surface area contributed by atoms with Crippen molar-refractivity contribution in [2.75, 3.05) is 25.0 Å². The Kier molecular flexibility index (Phi) is 6.47. The van der Waals surface area contributed by atoms with Gasteiger partial charge in [-0.2, -0.15) is 5.10 Å². The molecule has 0 radical (unpaired) electrons. The summed E-state index contributed by atoms with van der Waals surface area (Å²) in [6.45, 7) is 9.13. The van der Waals surface area contributed by atoms with Crippen LogP contribution in [0, 0.1) is 0 Å². The van der Waals surface area contributed by atoms with Crippen LogP contribution < -0.4 is 10.6 Å². The SMILES string of the molecule is CCCNCCNc1nnc(CC)c(CC)n1. The standard InChI is InChI=1S/C12H23N5/c1-4-7-13-8-9-14-12-15-10(5-2)11(6-3)16-17-12/h13H,4-9H2,1-3H3,(H,14,15,17). The number of rotatable bonds is 8. The number of hydrogen-bond acceptors (Lipinski definition) is 5. The van der Waals surface area contributed by atoms with E-state index in [-0.39, 0.29) is 0 Å². The fourth-order valence-corrected chi connectivity index (χ4v) is 1.58. The molecule has 1 aromatic heterocycles. The molecule has 0 atom stereocenters. The van der Waals surface area contributed by atoms with Gasteiger partial charge in [-0.25, -0.2) is 4.98 Å². The van der Waals surface area contributed by atoms with Crippen LogP contribution in [0.5, 0.6) is 0 Å². The van der Waals surface area contributed by atoms with E-state index in [2.05, 4.69) is 46.6 Å². The summed E-state index contributed by atoms with van der Waals surface area (Å²) < 4.78 is 0. The zero-order chi connectivity index (χ0) is 12.5. The van der Waals surface area contributed by atoms with Crippen LogP contribution in [0.15, 0.2) is 0 Å². The smallest absolute Gasteiger partial charge is 0.243 e. The van der Waals surface area contributed by atoms with Gasteiger partial charge < -0.3 is 10.6 Å². The molecule has 1 aromatic rings. The zero-order valence-corrected chi connectivity index (χ0v) is 11.1. The fourth-order valence-electron chi connectivity index (χ4n) is 1.58. The number of nitrogens with one attached hydrogen (secondary N) is 2. The van der Waals surface area contributed by atoms with Gasteiger partial charge in [-0.3, -0.25) is 0 Å². The van der Waals surface area contributed by atoms with Gasteiger partial charge in [0, 0.05) is 13.1 Å². The maximum Gasteiger partial charge on any atom is 0.243 e. The highest BCUT2D eigenvalue weighted by molar-refractivity contribution is 5.25. The first-order valence-corrected chi connectivity index (χ1v) is 6.48. The predicted molar refractivity (Wildman–Crippen MR) is 70.2 cm³/mol.